The SMILES string of the molecule is CC(Br)CCCCNC(=O)c1cc2ccccc2[nH]1. The molecule has 1 unspecified atom stereocenters. The number of aromatic amines is 1. The minimum Gasteiger partial charge on any atom is -0.351 e. The third-order valence-corrected chi connectivity index (χ3v) is 3.55. The minimum absolute atomic E-state index is 0.0249. The number of fused-ring (bicyclic) bond motifs is 1. The summed E-state index contributed by atoms with van der Waals surface area (Å²) < 4.78 is 0. The molecule has 1 aromatic carbocycles. The van der Waals surface area contributed by atoms with Crippen LogP contribution in [0.4, 0.5) is 0 Å². The average Bonchev–Trinajstić information content (AvgIpc) is 2.81. The first kappa shape index (κ1) is 14.1. The molecule has 2 rings (SSSR count). The zero-order valence-corrected chi connectivity index (χ0v) is 12.7. The average molecular weight is 323 g/mol. The molecule has 0 fully saturated rings. The maximum Gasteiger partial charge on any atom is 0.267 e. The van der Waals surface area contributed by atoms with E-state index in [1.807, 2.05) is 30.3 Å². The molecule has 0 aliphatic heterocycles. The number of carbonyl (C=O) groups excluding carboxylic acids is 1. The third kappa shape index (κ3) is 4.10. The van der Waals surface area contributed by atoms with Gasteiger partial charge in [0.25, 0.3) is 5.91 Å². The van der Waals surface area contributed by atoms with Gasteiger partial charge in [-0.25, -0.2) is 0 Å². The molecule has 4 heteroatoms. The van der Waals surface area contributed by atoms with E-state index < -0.39 is 0 Å². The van der Waals surface area contributed by atoms with E-state index in [2.05, 4.69) is 33.2 Å². The predicted molar refractivity (Wildman–Crippen MR) is 82.9 cm³/mol. The van der Waals surface area contributed by atoms with Crippen LogP contribution in [-0.4, -0.2) is 22.3 Å². The first-order chi connectivity index (χ1) is 9.16. The van der Waals surface area contributed by atoms with Crippen molar-refractivity contribution in [1.82, 2.24) is 10.3 Å². The molecule has 0 aliphatic rings. The Morgan fingerprint density at radius 2 is 2.16 bits per heavy atom. The van der Waals surface area contributed by atoms with Gasteiger partial charge in [0.15, 0.2) is 0 Å². The molecule has 2 aromatic rings. The zero-order chi connectivity index (χ0) is 13.7. The Bertz CT molecular complexity index is 515. The Labute approximate surface area is 121 Å². The number of hydrogen-bond acceptors (Lipinski definition) is 1. The summed E-state index contributed by atoms with van der Waals surface area (Å²) >= 11 is 3.52. The smallest absolute Gasteiger partial charge is 0.267 e. The topological polar surface area (TPSA) is 44.9 Å². The molecular formula is C15H19BrN2O. The standard InChI is InChI=1S/C15H19BrN2O/c1-11(16)6-4-5-9-17-15(19)14-10-12-7-2-3-8-13(12)18-14/h2-3,7-8,10-11,18H,4-6,9H2,1H3,(H,17,19). The van der Waals surface area contributed by atoms with Crippen LogP contribution in [0.25, 0.3) is 10.9 Å². The Morgan fingerprint density at radius 1 is 1.37 bits per heavy atom. The van der Waals surface area contributed by atoms with Crippen molar-refractivity contribution in [1.29, 1.82) is 0 Å². The zero-order valence-electron chi connectivity index (χ0n) is 11.1. The maximum atomic E-state index is 12.0. The quantitative estimate of drug-likeness (QED) is 0.615. The van der Waals surface area contributed by atoms with Crippen LogP contribution in [0.1, 0.15) is 36.7 Å². The number of benzene rings is 1. The summed E-state index contributed by atoms with van der Waals surface area (Å²) in [5, 5.41) is 4.02. The molecule has 0 saturated carbocycles. The summed E-state index contributed by atoms with van der Waals surface area (Å²) in [6.07, 6.45) is 3.28. The van der Waals surface area contributed by atoms with E-state index >= 15 is 0 Å². The molecule has 0 bridgehead atoms. The maximum absolute atomic E-state index is 12.0. The fourth-order valence-electron chi connectivity index (χ4n) is 2.04. The Hall–Kier alpha value is -1.29. The molecule has 1 aromatic heterocycles. The lowest BCUT2D eigenvalue weighted by molar-refractivity contribution is 0.0949. The van der Waals surface area contributed by atoms with Crippen molar-refractivity contribution >= 4 is 32.7 Å². The predicted octanol–water partition coefficient (Wildman–Crippen LogP) is 3.85. The number of nitrogens with one attached hydrogen (secondary N) is 2. The highest BCUT2D eigenvalue weighted by molar-refractivity contribution is 9.09. The largest absolute Gasteiger partial charge is 0.351 e. The van der Waals surface area contributed by atoms with E-state index in [0.29, 0.717) is 10.5 Å². The fourth-order valence-corrected chi connectivity index (χ4v) is 2.37. The van der Waals surface area contributed by atoms with Crippen molar-refractivity contribution in [3.63, 3.8) is 0 Å². The number of amides is 1. The van der Waals surface area contributed by atoms with E-state index in [4.69, 9.17) is 0 Å². The van der Waals surface area contributed by atoms with Crippen molar-refractivity contribution in [2.45, 2.75) is 31.0 Å². The van der Waals surface area contributed by atoms with Crippen LogP contribution >= 0.6 is 15.9 Å². The van der Waals surface area contributed by atoms with E-state index in [9.17, 15) is 4.79 Å². The van der Waals surface area contributed by atoms with Gasteiger partial charge in [-0.3, -0.25) is 4.79 Å². The summed E-state index contributed by atoms with van der Waals surface area (Å²) in [7, 11) is 0. The van der Waals surface area contributed by atoms with Gasteiger partial charge < -0.3 is 10.3 Å². The van der Waals surface area contributed by atoms with Crippen LogP contribution in [0, 0.1) is 0 Å². The Morgan fingerprint density at radius 3 is 2.89 bits per heavy atom. The second-order valence-corrected chi connectivity index (χ2v) is 6.37. The lowest BCUT2D eigenvalue weighted by Crippen LogP contribution is -2.24. The van der Waals surface area contributed by atoms with Gasteiger partial charge in [-0.15, -0.1) is 0 Å². The molecule has 19 heavy (non-hydrogen) atoms. The second kappa shape index (κ2) is 6.75. The molecule has 0 aliphatic carbocycles. The number of rotatable bonds is 6. The lowest BCUT2D eigenvalue weighted by Gasteiger charge is -2.04. The van der Waals surface area contributed by atoms with Crippen molar-refractivity contribution < 1.29 is 4.79 Å². The van der Waals surface area contributed by atoms with Crippen LogP contribution in [0.3, 0.4) is 0 Å². The molecule has 0 radical (unpaired) electrons. The van der Waals surface area contributed by atoms with Gasteiger partial charge in [-0.05, 0) is 25.0 Å². The molecule has 1 heterocycles. The molecule has 3 nitrogen and oxygen atoms in total. The van der Waals surface area contributed by atoms with Gasteiger partial charge in [-0.1, -0.05) is 47.5 Å². The van der Waals surface area contributed by atoms with Gasteiger partial charge >= 0.3 is 0 Å². The van der Waals surface area contributed by atoms with Crippen molar-refractivity contribution in [3.8, 4) is 0 Å². The number of unbranched alkanes of at least 4 members (excludes halogenated alkanes) is 1. The van der Waals surface area contributed by atoms with Crippen LogP contribution in [0.5, 0.6) is 0 Å². The van der Waals surface area contributed by atoms with Gasteiger partial charge in [0.1, 0.15) is 5.69 Å². The highest BCUT2D eigenvalue weighted by Crippen LogP contribution is 2.14. The number of hydrogen-bond donors (Lipinski definition) is 2. The number of carbonyl (C=O) groups is 1. The number of para-hydroxylation sites is 1. The van der Waals surface area contributed by atoms with Gasteiger partial charge in [0.05, 0.1) is 0 Å². The van der Waals surface area contributed by atoms with Gasteiger partial charge in [-0.2, -0.15) is 0 Å². The number of H-pyrrole nitrogens is 1. The van der Waals surface area contributed by atoms with Gasteiger partial charge in [0, 0.05) is 22.3 Å². The highest BCUT2D eigenvalue weighted by Gasteiger charge is 2.08. The number of alkyl halides is 1. The van der Waals surface area contributed by atoms with Crippen LogP contribution in [-0.2, 0) is 0 Å². The molecule has 0 spiro atoms. The van der Waals surface area contributed by atoms with E-state index in [1.54, 1.807) is 0 Å². The monoisotopic (exact) mass is 322 g/mol. The van der Waals surface area contributed by atoms with E-state index in [1.165, 1.54) is 0 Å². The highest BCUT2D eigenvalue weighted by atomic mass is 79.9. The van der Waals surface area contributed by atoms with Gasteiger partial charge in [0.2, 0.25) is 0 Å². The van der Waals surface area contributed by atoms with Crippen molar-refractivity contribution in [2.75, 3.05) is 6.54 Å². The summed E-state index contributed by atoms with van der Waals surface area (Å²) in [6.45, 7) is 2.87. The summed E-state index contributed by atoms with van der Waals surface area (Å²) in [4.78, 5) is 15.6. The Kier molecular flexibility index (Phi) is 5.02. The molecule has 2 N–H and O–H groups in total. The molecule has 0 saturated heterocycles. The fraction of sp³-hybridized carbons (Fsp3) is 0.400. The molecular weight excluding hydrogens is 304 g/mol. The molecule has 1 atom stereocenters. The van der Waals surface area contributed by atoms with Crippen molar-refractivity contribution in [3.05, 3.63) is 36.0 Å². The second-order valence-electron chi connectivity index (χ2n) is 4.80. The molecule has 1 amide bonds. The van der Waals surface area contributed by atoms with Crippen LogP contribution in [0.2, 0.25) is 0 Å². The lowest BCUT2D eigenvalue weighted by atomic mass is 10.2. The van der Waals surface area contributed by atoms with Crippen LogP contribution < -0.4 is 5.32 Å². The number of aromatic nitrogens is 1. The molecule has 102 valence electrons. The Balaban J connectivity index is 1.83. The summed E-state index contributed by atoms with van der Waals surface area (Å²) in [6, 6.07) is 9.80. The summed E-state index contributed by atoms with van der Waals surface area (Å²) in [5.74, 6) is -0.0249. The van der Waals surface area contributed by atoms with Crippen molar-refractivity contribution in [2.24, 2.45) is 0 Å². The third-order valence-electron chi connectivity index (χ3n) is 3.09. The minimum atomic E-state index is -0.0249. The first-order valence-electron chi connectivity index (χ1n) is 6.67. The van der Waals surface area contributed by atoms with Crippen LogP contribution in [0.15, 0.2) is 30.3 Å². The summed E-state index contributed by atoms with van der Waals surface area (Å²) in [5.41, 5.74) is 1.64. The first-order valence-corrected chi connectivity index (χ1v) is 7.58. The number of halogens is 1. The van der Waals surface area contributed by atoms with E-state index in [0.717, 1.165) is 36.7 Å². The normalized spacial score (nSPS) is 12.5. The van der Waals surface area contributed by atoms with E-state index in [-0.39, 0.29) is 5.91 Å².